The van der Waals surface area contributed by atoms with E-state index in [4.69, 9.17) is 33.2 Å². The molecule has 330 valence electrons. The molecular weight excluding hydrogens is 793 g/mol. The summed E-state index contributed by atoms with van der Waals surface area (Å²) in [6.07, 6.45) is 1.91. The molecule has 0 radical (unpaired) electrons. The minimum absolute atomic E-state index is 0.0637. The number of amides is 2. The smallest absolute Gasteiger partial charge is 0.418 e. The maximum Gasteiger partial charge on any atom is 0.418 e. The van der Waals surface area contributed by atoms with Gasteiger partial charge in [0.2, 0.25) is 0 Å². The van der Waals surface area contributed by atoms with E-state index >= 15 is 0 Å². The van der Waals surface area contributed by atoms with Gasteiger partial charge >= 0.3 is 6.18 Å². The fourth-order valence-electron chi connectivity index (χ4n) is 4.86. The van der Waals surface area contributed by atoms with Crippen LogP contribution in [0.15, 0.2) is 73.6 Å². The zero-order valence-corrected chi connectivity index (χ0v) is 34.2. The number of pyridine rings is 1. The Morgan fingerprint density at radius 3 is 1.97 bits per heavy atom. The van der Waals surface area contributed by atoms with E-state index in [-0.39, 0.29) is 48.4 Å². The zero-order valence-electron chi connectivity index (χ0n) is 34.2. The number of aromatic nitrogens is 1. The molecule has 1 aromatic heterocycles. The summed E-state index contributed by atoms with van der Waals surface area (Å²) < 4.78 is 77.0. The monoisotopic (exact) mass is 848 g/mol. The number of halogens is 3. The molecular formula is C42H55F3N4O11. The third kappa shape index (κ3) is 20.5. The first-order valence-corrected chi connectivity index (χ1v) is 19.1. The highest BCUT2D eigenvalue weighted by molar-refractivity contribution is 6.02. The summed E-state index contributed by atoms with van der Waals surface area (Å²) in [5.74, 6) is 0.236. The van der Waals surface area contributed by atoms with Gasteiger partial charge in [0.1, 0.15) is 35.9 Å². The van der Waals surface area contributed by atoms with E-state index < -0.39 is 23.7 Å². The summed E-state index contributed by atoms with van der Waals surface area (Å²) in [5, 5.41) is 5.47. The largest absolute Gasteiger partial charge is 0.491 e. The van der Waals surface area contributed by atoms with E-state index in [1.54, 1.807) is 12.1 Å². The number of rotatable bonds is 29. The van der Waals surface area contributed by atoms with E-state index in [9.17, 15) is 32.3 Å². The van der Waals surface area contributed by atoms with Gasteiger partial charge in [-0.2, -0.15) is 13.2 Å². The summed E-state index contributed by atoms with van der Waals surface area (Å²) in [6.45, 7) is 6.93. The molecule has 0 bridgehead atoms. The van der Waals surface area contributed by atoms with Crippen LogP contribution >= 0.6 is 0 Å². The second-order valence-corrected chi connectivity index (χ2v) is 12.6. The van der Waals surface area contributed by atoms with Gasteiger partial charge in [0.25, 0.3) is 11.8 Å². The number of allylic oxidation sites excluding steroid dienone is 1. The molecule has 0 fully saturated rings. The maximum atomic E-state index is 12.9. The van der Waals surface area contributed by atoms with Crippen LogP contribution in [0.25, 0.3) is 0 Å². The average molecular weight is 849 g/mol. The molecule has 2 N–H and O–H groups in total. The highest BCUT2D eigenvalue weighted by Crippen LogP contribution is 2.32. The van der Waals surface area contributed by atoms with Crippen molar-refractivity contribution < 1.29 is 65.5 Å². The lowest BCUT2D eigenvalue weighted by atomic mass is 10.0. The lowest BCUT2D eigenvalue weighted by Gasteiger charge is -2.24. The third-order valence-corrected chi connectivity index (χ3v) is 7.89. The average Bonchev–Trinajstić information content (AvgIpc) is 3.24. The van der Waals surface area contributed by atoms with Crippen LogP contribution in [-0.4, -0.2) is 134 Å². The van der Waals surface area contributed by atoms with E-state index in [1.165, 1.54) is 54.5 Å². The zero-order chi connectivity index (χ0) is 44.0. The standard InChI is InChI=1S/C40H48F3N3O11.C2H7N/c1-3-4-6-32(28-48)46(2)39(50)37-12-11-35(23-30(37)27-47)55-22-21-54-20-19-53-18-17-52-16-15-51-14-5-13-45-38(49)29-56-33-7-9-34(10-8-33)57-36-24-31(25-44-26-36)40(41,42)43;1-3-2/h3,7-12,23-28,32H,1,4-6,13-22,29H2,2H3,(H,45,49);3H,1-2H3. The van der Waals surface area contributed by atoms with Crippen LogP contribution in [0.2, 0.25) is 0 Å². The third-order valence-electron chi connectivity index (χ3n) is 7.89. The van der Waals surface area contributed by atoms with Crippen LogP contribution in [0.1, 0.15) is 45.5 Å². The summed E-state index contributed by atoms with van der Waals surface area (Å²) >= 11 is 0. The minimum atomic E-state index is -4.53. The Hall–Kier alpha value is -5.40. The molecule has 3 rings (SSSR count). The molecule has 0 aliphatic carbocycles. The van der Waals surface area contributed by atoms with Crippen molar-refractivity contribution in [1.82, 2.24) is 20.5 Å². The van der Waals surface area contributed by atoms with E-state index in [0.717, 1.165) is 6.07 Å². The van der Waals surface area contributed by atoms with Crippen LogP contribution in [0.3, 0.4) is 0 Å². The van der Waals surface area contributed by atoms with E-state index in [1.807, 2.05) is 14.1 Å². The first kappa shape index (κ1) is 50.7. The number of ether oxygens (including phenoxy) is 7. The minimum Gasteiger partial charge on any atom is -0.491 e. The van der Waals surface area contributed by atoms with Gasteiger partial charge in [-0.05, 0) is 81.9 Å². The first-order chi connectivity index (χ1) is 29.0. The van der Waals surface area contributed by atoms with Gasteiger partial charge in [0, 0.05) is 32.0 Å². The number of nitrogens with zero attached hydrogens (tertiary/aromatic N) is 2. The molecule has 1 unspecified atom stereocenters. The molecule has 0 saturated carbocycles. The molecule has 0 spiro atoms. The first-order valence-electron chi connectivity index (χ1n) is 19.1. The van der Waals surface area contributed by atoms with E-state index in [2.05, 4.69) is 22.2 Å². The molecule has 0 saturated heterocycles. The van der Waals surface area contributed by atoms with Crippen molar-refractivity contribution >= 4 is 24.4 Å². The Morgan fingerprint density at radius 1 is 0.800 bits per heavy atom. The second kappa shape index (κ2) is 29.8. The fraction of sp³-hybridized carbons (Fsp3) is 0.452. The molecule has 60 heavy (non-hydrogen) atoms. The lowest BCUT2D eigenvalue weighted by molar-refractivity contribution is -0.138. The molecule has 1 atom stereocenters. The molecule has 15 nitrogen and oxygen atoms in total. The van der Waals surface area contributed by atoms with Crippen LogP contribution in [0, 0.1) is 0 Å². The Morgan fingerprint density at radius 2 is 1.38 bits per heavy atom. The Bertz CT molecular complexity index is 1720. The SMILES string of the molecule is C=CCCC(C=O)N(C)C(=O)c1ccc(OCCOCCOCCOCCOCCCNC(=O)COc2ccc(Oc3cncc(C(F)(F)F)c3)cc2)cc1C=O.CNC. The quantitative estimate of drug-likeness (QED) is 0.0533. The van der Waals surface area contributed by atoms with Crippen molar-refractivity contribution in [1.29, 1.82) is 0 Å². The van der Waals surface area contributed by atoms with Crippen molar-refractivity contribution in [2.75, 3.05) is 93.8 Å². The summed E-state index contributed by atoms with van der Waals surface area (Å²) in [6, 6.07) is 10.9. The van der Waals surface area contributed by atoms with Crippen molar-refractivity contribution in [3.05, 3.63) is 90.3 Å². The van der Waals surface area contributed by atoms with Gasteiger partial charge in [0.15, 0.2) is 12.9 Å². The number of nitrogens with one attached hydrogen (secondary N) is 2. The Balaban J connectivity index is 0.00000401. The number of hydrogen-bond donors (Lipinski definition) is 2. The molecule has 0 aliphatic rings. The van der Waals surface area contributed by atoms with Crippen LogP contribution in [0.4, 0.5) is 13.2 Å². The van der Waals surface area contributed by atoms with E-state index in [0.29, 0.717) is 102 Å². The van der Waals surface area contributed by atoms with Crippen molar-refractivity contribution in [2.24, 2.45) is 0 Å². The topological polar surface area (TPSA) is 173 Å². The van der Waals surface area contributed by atoms with Crippen LogP contribution < -0.4 is 24.8 Å². The van der Waals surface area contributed by atoms with Crippen molar-refractivity contribution in [3.63, 3.8) is 0 Å². The Labute approximate surface area is 348 Å². The molecule has 0 aliphatic heterocycles. The summed E-state index contributed by atoms with van der Waals surface area (Å²) in [4.78, 5) is 52.9. The van der Waals surface area contributed by atoms with Crippen LogP contribution in [-0.2, 0) is 34.7 Å². The predicted molar refractivity (Wildman–Crippen MR) is 216 cm³/mol. The Kier molecular flexibility index (Phi) is 25.2. The summed E-state index contributed by atoms with van der Waals surface area (Å²) in [7, 11) is 5.27. The number of aldehydes is 2. The number of likely N-dealkylation sites (N-methyl/N-ethyl adjacent to an activating group) is 1. The molecule has 2 amide bonds. The second-order valence-electron chi connectivity index (χ2n) is 12.6. The van der Waals surface area contributed by atoms with Crippen LogP contribution in [0.5, 0.6) is 23.0 Å². The number of hydrogen-bond acceptors (Lipinski definition) is 13. The number of carbonyl (C=O) groups excluding carboxylic acids is 4. The van der Waals surface area contributed by atoms with Crippen molar-refractivity contribution in [2.45, 2.75) is 31.5 Å². The van der Waals surface area contributed by atoms with Gasteiger partial charge < -0.3 is 53.5 Å². The summed E-state index contributed by atoms with van der Waals surface area (Å²) in [5.41, 5.74) is -0.584. The number of benzene rings is 2. The lowest BCUT2D eigenvalue weighted by Crippen LogP contribution is -2.38. The highest BCUT2D eigenvalue weighted by atomic mass is 19.4. The van der Waals surface area contributed by atoms with Gasteiger partial charge in [-0.3, -0.25) is 19.4 Å². The molecule has 3 aromatic rings. The molecule has 1 heterocycles. The number of alkyl halides is 3. The maximum absolute atomic E-state index is 12.9. The van der Waals surface area contributed by atoms with Gasteiger partial charge in [0.05, 0.1) is 69.6 Å². The van der Waals surface area contributed by atoms with Crippen molar-refractivity contribution in [3.8, 4) is 23.0 Å². The van der Waals surface area contributed by atoms with Gasteiger partial charge in [-0.15, -0.1) is 6.58 Å². The highest BCUT2D eigenvalue weighted by Gasteiger charge is 2.31. The normalized spacial score (nSPS) is 11.4. The fourth-order valence-corrected chi connectivity index (χ4v) is 4.86. The van der Waals surface area contributed by atoms with Gasteiger partial charge in [-0.25, -0.2) is 0 Å². The van der Waals surface area contributed by atoms with Gasteiger partial charge in [-0.1, -0.05) is 6.08 Å². The number of carbonyl (C=O) groups is 4. The molecule has 18 heteroatoms. The predicted octanol–water partition coefficient (Wildman–Crippen LogP) is 5.18. The molecule has 2 aromatic carbocycles.